The van der Waals surface area contributed by atoms with Crippen molar-refractivity contribution in [2.24, 2.45) is 9.98 Å². The molecular weight excluding hydrogens is 350 g/mol. The Morgan fingerprint density at radius 2 is 1.82 bits per heavy atom. The lowest BCUT2D eigenvalue weighted by Crippen LogP contribution is -2.22. The standard InChI is InChI=1S/C16H19N3O.C4H9N.C2H5N/c1-6-8-9-12-10(3)15(20)11(7-2)13-14(12)18-16(17-13)19(4)5;1-4(2)5-3;1-2-3/h6,8-9H,3,7H2,1-2,4-5H3;5H,1H2,2-3H3;2-3H,1H3/b8-6-,12-9+;;. The SMILES string of the molecule is C=C(C)NC.C=C1C(=O)C(CC)=C2N=C(N(C)C)N=C2/C1=C/C=C\C.CC=N. The molecule has 0 aromatic heterocycles. The molecule has 6 nitrogen and oxygen atoms in total. The number of aliphatic imine (C=N–C) groups is 2. The molecule has 0 aromatic carbocycles. The quantitative estimate of drug-likeness (QED) is 0.570. The minimum Gasteiger partial charge on any atom is -0.392 e. The summed E-state index contributed by atoms with van der Waals surface area (Å²) >= 11 is 0. The van der Waals surface area contributed by atoms with Crippen LogP contribution in [0.4, 0.5) is 0 Å². The summed E-state index contributed by atoms with van der Waals surface area (Å²) in [5.74, 6) is 0.593. The Balaban J connectivity index is 0.000000777. The first-order chi connectivity index (χ1) is 13.2. The van der Waals surface area contributed by atoms with E-state index < -0.39 is 0 Å². The number of allylic oxidation sites excluding steroid dienone is 7. The minimum atomic E-state index is -0.0269. The molecule has 0 fully saturated rings. The van der Waals surface area contributed by atoms with Crippen molar-refractivity contribution in [3.05, 3.63) is 59.5 Å². The average Bonchev–Trinajstić information content (AvgIpc) is 3.08. The molecule has 0 amide bonds. The van der Waals surface area contributed by atoms with E-state index in [1.165, 1.54) is 6.21 Å². The largest absolute Gasteiger partial charge is 0.392 e. The Hall–Kier alpha value is -3.02. The summed E-state index contributed by atoms with van der Waals surface area (Å²) in [6, 6.07) is 0. The molecule has 0 saturated carbocycles. The zero-order chi connectivity index (χ0) is 21.9. The number of ketones is 1. The van der Waals surface area contributed by atoms with Crippen molar-refractivity contribution >= 4 is 23.7 Å². The highest BCUT2D eigenvalue weighted by molar-refractivity contribution is 6.34. The normalized spacial score (nSPS) is 16.5. The molecule has 2 N–H and O–H groups in total. The molecule has 0 bridgehead atoms. The molecule has 0 aromatic rings. The van der Waals surface area contributed by atoms with Crippen LogP contribution in [0.15, 0.2) is 69.5 Å². The first-order valence-electron chi connectivity index (χ1n) is 9.13. The number of carbonyl (C=O) groups excluding carboxylic acids is 1. The molecule has 28 heavy (non-hydrogen) atoms. The van der Waals surface area contributed by atoms with Gasteiger partial charge in [0.15, 0.2) is 5.78 Å². The van der Waals surface area contributed by atoms with Gasteiger partial charge in [-0.15, -0.1) is 0 Å². The van der Waals surface area contributed by atoms with Crippen LogP contribution in [0.2, 0.25) is 0 Å². The van der Waals surface area contributed by atoms with Crippen molar-refractivity contribution in [3.63, 3.8) is 0 Å². The summed E-state index contributed by atoms with van der Waals surface area (Å²) in [6.07, 6.45) is 7.55. The van der Waals surface area contributed by atoms with Crippen LogP contribution in [0.3, 0.4) is 0 Å². The van der Waals surface area contributed by atoms with E-state index in [9.17, 15) is 4.79 Å². The number of carbonyl (C=O) groups is 1. The van der Waals surface area contributed by atoms with Crippen molar-refractivity contribution in [3.8, 4) is 0 Å². The van der Waals surface area contributed by atoms with Crippen LogP contribution in [0.1, 0.15) is 34.1 Å². The summed E-state index contributed by atoms with van der Waals surface area (Å²) in [4.78, 5) is 23.3. The first-order valence-corrected chi connectivity index (χ1v) is 9.13. The lowest BCUT2D eigenvalue weighted by Gasteiger charge is -2.19. The molecule has 0 spiro atoms. The molecule has 0 unspecified atom stereocenters. The van der Waals surface area contributed by atoms with Gasteiger partial charge in [0, 0.05) is 37.9 Å². The van der Waals surface area contributed by atoms with Crippen molar-refractivity contribution in [2.75, 3.05) is 21.1 Å². The topological polar surface area (TPSA) is 80.9 Å². The third kappa shape index (κ3) is 6.61. The summed E-state index contributed by atoms with van der Waals surface area (Å²) in [5.41, 5.74) is 4.42. The predicted molar refractivity (Wildman–Crippen MR) is 121 cm³/mol. The van der Waals surface area contributed by atoms with Crippen molar-refractivity contribution < 1.29 is 4.79 Å². The minimum absolute atomic E-state index is 0.0269. The number of nitrogens with zero attached hydrogens (tertiary/aromatic N) is 3. The number of nitrogens with one attached hydrogen (secondary N) is 2. The van der Waals surface area contributed by atoms with Crippen LogP contribution in [0.5, 0.6) is 0 Å². The fraction of sp³-hybridized carbons (Fsp3) is 0.364. The smallest absolute Gasteiger partial charge is 0.226 e. The van der Waals surface area contributed by atoms with Crippen LogP contribution >= 0.6 is 0 Å². The van der Waals surface area contributed by atoms with Gasteiger partial charge < -0.3 is 15.6 Å². The molecule has 152 valence electrons. The van der Waals surface area contributed by atoms with Gasteiger partial charge in [-0.3, -0.25) is 4.79 Å². The zero-order valence-corrected chi connectivity index (χ0v) is 18.2. The molecule has 0 radical (unpaired) electrons. The van der Waals surface area contributed by atoms with Gasteiger partial charge in [-0.05, 0) is 39.1 Å². The van der Waals surface area contributed by atoms with Crippen LogP contribution in [-0.2, 0) is 4.79 Å². The van der Waals surface area contributed by atoms with E-state index in [-0.39, 0.29) is 5.78 Å². The highest BCUT2D eigenvalue weighted by Gasteiger charge is 2.34. The molecule has 1 aliphatic heterocycles. The number of fused-ring (bicyclic) bond motifs is 1. The summed E-state index contributed by atoms with van der Waals surface area (Å²) in [7, 11) is 5.62. The molecule has 0 saturated heterocycles. The summed E-state index contributed by atoms with van der Waals surface area (Å²) < 4.78 is 0. The molecule has 0 atom stereocenters. The Morgan fingerprint density at radius 3 is 2.21 bits per heavy atom. The number of rotatable bonds is 3. The monoisotopic (exact) mass is 383 g/mol. The summed E-state index contributed by atoms with van der Waals surface area (Å²) in [6.45, 7) is 15.0. The van der Waals surface area contributed by atoms with E-state index in [0.29, 0.717) is 29.2 Å². The second kappa shape index (κ2) is 12.4. The van der Waals surface area contributed by atoms with E-state index in [1.807, 2.05) is 65.0 Å². The van der Waals surface area contributed by atoms with Gasteiger partial charge >= 0.3 is 0 Å². The Bertz CT molecular complexity index is 777. The van der Waals surface area contributed by atoms with Gasteiger partial charge in [-0.2, -0.15) is 0 Å². The lowest BCUT2D eigenvalue weighted by atomic mass is 9.84. The third-order valence-corrected chi connectivity index (χ3v) is 3.70. The Kier molecular flexibility index (Phi) is 11.0. The van der Waals surface area contributed by atoms with Crippen LogP contribution in [0.25, 0.3) is 0 Å². The summed E-state index contributed by atoms with van der Waals surface area (Å²) in [5, 5.41) is 8.92. The van der Waals surface area contributed by atoms with Crippen molar-refractivity contribution in [1.82, 2.24) is 10.2 Å². The maximum absolute atomic E-state index is 12.4. The van der Waals surface area contributed by atoms with E-state index in [0.717, 1.165) is 17.0 Å². The number of hydrogen-bond acceptors (Lipinski definition) is 6. The van der Waals surface area contributed by atoms with Gasteiger partial charge in [0.2, 0.25) is 5.96 Å². The van der Waals surface area contributed by atoms with E-state index >= 15 is 0 Å². The van der Waals surface area contributed by atoms with Gasteiger partial charge in [-0.1, -0.05) is 38.3 Å². The second-order valence-electron chi connectivity index (χ2n) is 6.18. The van der Waals surface area contributed by atoms with E-state index in [1.54, 1.807) is 6.92 Å². The molecule has 2 rings (SSSR count). The van der Waals surface area contributed by atoms with Gasteiger partial charge in [0.05, 0.1) is 0 Å². The van der Waals surface area contributed by atoms with Gasteiger partial charge in [0.1, 0.15) is 11.4 Å². The zero-order valence-electron chi connectivity index (χ0n) is 18.2. The third-order valence-electron chi connectivity index (χ3n) is 3.70. The molecule has 1 heterocycles. The Labute approximate surface area is 169 Å². The first kappa shape index (κ1) is 25.0. The van der Waals surface area contributed by atoms with Gasteiger partial charge in [0.25, 0.3) is 0 Å². The number of hydrogen-bond donors (Lipinski definition) is 2. The highest BCUT2D eigenvalue weighted by atomic mass is 16.1. The van der Waals surface area contributed by atoms with E-state index in [4.69, 9.17) is 5.41 Å². The van der Waals surface area contributed by atoms with Crippen LogP contribution < -0.4 is 5.32 Å². The average molecular weight is 384 g/mol. The van der Waals surface area contributed by atoms with Crippen molar-refractivity contribution in [2.45, 2.75) is 34.1 Å². The molecule has 6 heteroatoms. The number of guanidine groups is 1. The van der Waals surface area contributed by atoms with Crippen molar-refractivity contribution in [1.29, 1.82) is 5.41 Å². The lowest BCUT2D eigenvalue weighted by molar-refractivity contribution is -0.112. The Morgan fingerprint density at radius 1 is 1.29 bits per heavy atom. The predicted octanol–water partition coefficient (Wildman–Crippen LogP) is 4.06. The fourth-order valence-electron chi connectivity index (χ4n) is 2.18. The maximum atomic E-state index is 12.4. The fourth-order valence-corrected chi connectivity index (χ4v) is 2.18. The molecule has 1 aliphatic carbocycles. The highest BCUT2D eigenvalue weighted by Crippen LogP contribution is 2.33. The number of Topliss-reactive ketones (excluding diaryl/α,β-unsaturated/α-hetero) is 1. The van der Waals surface area contributed by atoms with Crippen LogP contribution in [0, 0.1) is 5.41 Å². The van der Waals surface area contributed by atoms with Gasteiger partial charge in [-0.25, -0.2) is 9.98 Å². The van der Waals surface area contributed by atoms with E-state index in [2.05, 4.69) is 28.5 Å². The maximum Gasteiger partial charge on any atom is 0.226 e. The molecular formula is C22H33N5O. The second-order valence-corrected chi connectivity index (χ2v) is 6.18. The molecule has 2 aliphatic rings. The van der Waals surface area contributed by atoms with Crippen LogP contribution in [-0.4, -0.2) is 49.7 Å².